The van der Waals surface area contributed by atoms with Gasteiger partial charge >= 0.3 is 0 Å². The number of aliphatic hydroxyl groups is 2. The molecule has 0 saturated heterocycles. The highest BCUT2D eigenvalue weighted by Crippen LogP contribution is 2.77. The topological polar surface area (TPSA) is 40.5 Å². The summed E-state index contributed by atoms with van der Waals surface area (Å²) in [6.07, 6.45) is 6.98. The van der Waals surface area contributed by atoms with E-state index in [1.54, 1.807) is 0 Å². The summed E-state index contributed by atoms with van der Waals surface area (Å²) in [7, 11) is 0. The van der Waals surface area contributed by atoms with Gasteiger partial charge in [0.1, 0.15) is 0 Å². The van der Waals surface area contributed by atoms with Crippen molar-refractivity contribution < 1.29 is 10.2 Å². The molecule has 0 aliphatic heterocycles. The van der Waals surface area contributed by atoms with Crippen molar-refractivity contribution >= 4 is 0 Å². The van der Waals surface area contributed by atoms with Crippen LogP contribution in [-0.4, -0.2) is 22.4 Å². The summed E-state index contributed by atoms with van der Waals surface area (Å²) >= 11 is 0. The van der Waals surface area contributed by atoms with Crippen LogP contribution in [0, 0.1) is 81.3 Å². The second-order valence-corrected chi connectivity index (χ2v) is 15.4. The molecule has 4 saturated carbocycles. The van der Waals surface area contributed by atoms with Gasteiger partial charge in [0.05, 0.1) is 12.2 Å². The lowest BCUT2D eigenvalue weighted by atomic mass is 9.28. The highest BCUT2D eigenvalue weighted by atomic mass is 16.3. The van der Waals surface area contributed by atoms with Gasteiger partial charge in [-0.25, -0.2) is 0 Å². The van der Waals surface area contributed by atoms with E-state index in [9.17, 15) is 10.2 Å². The molecule has 4 aliphatic carbocycles. The average molecular weight is 489 g/mol. The first-order valence-electron chi connectivity index (χ1n) is 15.6. The Morgan fingerprint density at radius 1 is 0.914 bits per heavy atom. The van der Waals surface area contributed by atoms with E-state index in [0.717, 1.165) is 30.1 Å². The SMILES string of the molecule is CCC(C)CC1C2(C)C(C)C3CCCC(C)C3C(C)C2C(C)C2(C)C(O)C(C(C)O)C(C)CC12C. The smallest absolute Gasteiger partial charge is 0.0657 e. The molecule has 0 aromatic rings. The van der Waals surface area contributed by atoms with Crippen LogP contribution in [-0.2, 0) is 0 Å². The number of aliphatic hydroxyl groups excluding tert-OH is 2. The molecular weight excluding hydrogens is 428 g/mol. The molecule has 4 rings (SSSR count). The van der Waals surface area contributed by atoms with Gasteiger partial charge in [0.15, 0.2) is 0 Å². The first-order valence-corrected chi connectivity index (χ1v) is 15.6. The minimum Gasteiger partial charge on any atom is -0.393 e. The van der Waals surface area contributed by atoms with Crippen LogP contribution in [0.2, 0.25) is 0 Å². The Kier molecular flexibility index (Phi) is 7.41. The molecule has 2 nitrogen and oxygen atoms in total. The standard InChI is InChI=1S/C33H60O2/c1-12-18(2)16-26-31(9)17-20(4)28(24(8)34)30(35)33(31,11)23(7)29-21(5)27-19(3)14-13-15-25(27)22(6)32(26,29)10/h18-30,34-35H,12-17H2,1-11H3. The van der Waals surface area contributed by atoms with E-state index in [1.807, 2.05) is 6.92 Å². The van der Waals surface area contributed by atoms with Gasteiger partial charge in [-0.1, -0.05) is 88.5 Å². The summed E-state index contributed by atoms with van der Waals surface area (Å²) in [5.74, 6) is 6.63. The van der Waals surface area contributed by atoms with Crippen molar-refractivity contribution in [1.29, 1.82) is 0 Å². The van der Waals surface area contributed by atoms with Crippen molar-refractivity contribution in [2.75, 3.05) is 0 Å². The van der Waals surface area contributed by atoms with Crippen LogP contribution < -0.4 is 0 Å². The third-order valence-corrected chi connectivity index (χ3v) is 14.4. The number of hydrogen-bond acceptors (Lipinski definition) is 2. The first kappa shape index (κ1) is 27.9. The van der Waals surface area contributed by atoms with E-state index in [1.165, 1.54) is 32.1 Å². The lowest BCUT2D eigenvalue weighted by Gasteiger charge is -2.76. The van der Waals surface area contributed by atoms with Gasteiger partial charge in [-0.2, -0.15) is 0 Å². The zero-order valence-corrected chi connectivity index (χ0v) is 25.1. The van der Waals surface area contributed by atoms with Crippen LogP contribution in [0.5, 0.6) is 0 Å². The molecule has 0 radical (unpaired) electrons. The van der Waals surface area contributed by atoms with E-state index in [0.29, 0.717) is 40.9 Å². The third-order valence-electron chi connectivity index (χ3n) is 14.4. The van der Waals surface area contributed by atoms with Gasteiger partial charge in [0.25, 0.3) is 0 Å². The maximum absolute atomic E-state index is 12.3. The Balaban J connectivity index is 1.93. The van der Waals surface area contributed by atoms with E-state index in [-0.39, 0.29) is 16.7 Å². The quantitative estimate of drug-likeness (QED) is 0.420. The molecular formula is C33H60O2. The largest absolute Gasteiger partial charge is 0.393 e. The third kappa shape index (κ3) is 3.60. The molecule has 16 atom stereocenters. The van der Waals surface area contributed by atoms with E-state index in [4.69, 9.17) is 0 Å². The Bertz CT molecular complexity index is 762. The predicted molar refractivity (Wildman–Crippen MR) is 148 cm³/mol. The lowest BCUT2D eigenvalue weighted by molar-refractivity contribution is -0.311. The van der Waals surface area contributed by atoms with E-state index < -0.39 is 12.2 Å². The molecule has 2 N–H and O–H groups in total. The maximum Gasteiger partial charge on any atom is 0.0657 e. The van der Waals surface area contributed by atoms with E-state index >= 15 is 0 Å². The Labute approximate surface area is 218 Å². The zero-order valence-electron chi connectivity index (χ0n) is 25.1. The molecule has 35 heavy (non-hydrogen) atoms. The van der Waals surface area contributed by atoms with Gasteiger partial charge in [0, 0.05) is 11.3 Å². The molecule has 0 spiro atoms. The summed E-state index contributed by atoms with van der Waals surface area (Å²) in [6.45, 7) is 27.2. The highest BCUT2D eigenvalue weighted by Gasteiger charge is 2.74. The van der Waals surface area contributed by atoms with Gasteiger partial charge < -0.3 is 10.2 Å². The van der Waals surface area contributed by atoms with Crippen LogP contribution in [0.15, 0.2) is 0 Å². The van der Waals surface area contributed by atoms with Gasteiger partial charge in [0.2, 0.25) is 0 Å². The Hall–Kier alpha value is -0.0800. The first-order chi connectivity index (χ1) is 16.2. The summed E-state index contributed by atoms with van der Waals surface area (Å²) in [4.78, 5) is 0. The summed E-state index contributed by atoms with van der Waals surface area (Å²) < 4.78 is 0. The second-order valence-electron chi connectivity index (χ2n) is 15.4. The van der Waals surface area contributed by atoms with Crippen LogP contribution in [0.4, 0.5) is 0 Å². The minimum absolute atomic E-state index is 0.0261. The Morgan fingerprint density at radius 2 is 1.54 bits per heavy atom. The molecule has 0 aromatic heterocycles. The normalized spacial score (nSPS) is 58.0. The molecule has 16 unspecified atom stereocenters. The van der Waals surface area contributed by atoms with Crippen molar-refractivity contribution in [3.8, 4) is 0 Å². The van der Waals surface area contributed by atoms with Gasteiger partial charge in [-0.15, -0.1) is 0 Å². The van der Waals surface area contributed by atoms with E-state index in [2.05, 4.69) is 69.2 Å². The summed E-state index contributed by atoms with van der Waals surface area (Å²) in [5, 5.41) is 23.1. The fraction of sp³-hybridized carbons (Fsp3) is 1.00. The average Bonchev–Trinajstić information content (AvgIpc) is 2.77. The monoisotopic (exact) mass is 488 g/mol. The number of rotatable bonds is 4. The highest BCUT2D eigenvalue weighted by molar-refractivity contribution is 5.21. The number of fused-ring (bicyclic) bond motifs is 3. The lowest BCUT2D eigenvalue weighted by Crippen LogP contribution is -2.74. The Morgan fingerprint density at radius 3 is 2.11 bits per heavy atom. The molecule has 2 heteroatoms. The molecule has 4 fully saturated rings. The van der Waals surface area contributed by atoms with Crippen molar-refractivity contribution in [1.82, 2.24) is 0 Å². The molecule has 0 heterocycles. The van der Waals surface area contributed by atoms with Crippen molar-refractivity contribution in [3.05, 3.63) is 0 Å². The van der Waals surface area contributed by atoms with Crippen LogP contribution in [0.25, 0.3) is 0 Å². The molecule has 0 amide bonds. The van der Waals surface area contributed by atoms with Gasteiger partial charge in [-0.05, 0) is 96.2 Å². The second kappa shape index (κ2) is 9.29. The summed E-state index contributed by atoms with van der Waals surface area (Å²) in [6, 6.07) is 0. The van der Waals surface area contributed by atoms with Crippen LogP contribution in [0.3, 0.4) is 0 Å². The number of hydrogen-bond donors (Lipinski definition) is 2. The predicted octanol–water partition coefficient (Wildman–Crippen LogP) is 8.06. The molecule has 0 aromatic carbocycles. The molecule has 204 valence electrons. The fourth-order valence-electron chi connectivity index (χ4n) is 12.4. The molecule has 4 aliphatic rings. The summed E-state index contributed by atoms with van der Waals surface area (Å²) in [5.41, 5.74) is 0.195. The zero-order chi connectivity index (χ0) is 26.2. The minimum atomic E-state index is -0.458. The molecule has 0 bridgehead atoms. The van der Waals surface area contributed by atoms with Crippen molar-refractivity contribution in [2.24, 2.45) is 81.3 Å². The van der Waals surface area contributed by atoms with Crippen LogP contribution >= 0.6 is 0 Å². The van der Waals surface area contributed by atoms with Gasteiger partial charge in [-0.3, -0.25) is 0 Å². The van der Waals surface area contributed by atoms with Crippen molar-refractivity contribution in [3.63, 3.8) is 0 Å². The fourth-order valence-corrected chi connectivity index (χ4v) is 12.4. The van der Waals surface area contributed by atoms with Crippen molar-refractivity contribution in [2.45, 2.75) is 127 Å². The van der Waals surface area contributed by atoms with Crippen LogP contribution in [0.1, 0.15) is 115 Å². The maximum atomic E-state index is 12.3.